The first kappa shape index (κ1) is 11.8. The highest BCUT2D eigenvalue weighted by Gasteiger charge is 2.49. The molecular weight excluding hydrogens is 206 g/mol. The molecule has 3 N–H and O–H groups in total. The molecule has 0 radical (unpaired) electrons. The van der Waals surface area contributed by atoms with Crippen molar-refractivity contribution in [2.45, 2.75) is 18.4 Å². The van der Waals surface area contributed by atoms with E-state index in [1.165, 1.54) is 0 Å². The minimum Gasteiger partial charge on any atom is -0.383 e. The van der Waals surface area contributed by atoms with Crippen LogP contribution in [0.1, 0.15) is 12.8 Å². The molecule has 5 nitrogen and oxygen atoms in total. The molecule has 1 amide bonds. The van der Waals surface area contributed by atoms with Gasteiger partial charge in [-0.2, -0.15) is 0 Å². The second-order valence-electron chi connectivity index (χ2n) is 4.79. The quantitative estimate of drug-likeness (QED) is 0.602. The Morgan fingerprint density at radius 1 is 1.62 bits per heavy atom. The Hall–Kier alpha value is -0.650. The third kappa shape index (κ3) is 1.95. The van der Waals surface area contributed by atoms with Gasteiger partial charge in [0, 0.05) is 32.7 Å². The number of fused-ring (bicyclic) bond motifs is 2. The van der Waals surface area contributed by atoms with Crippen LogP contribution in [0.25, 0.3) is 0 Å². The van der Waals surface area contributed by atoms with E-state index in [0.717, 1.165) is 32.5 Å². The van der Waals surface area contributed by atoms with Crippen LogP contribution in [0.2, 0.25) is 0 Å². The van der Waals surface area contributed by atoms with Gasteiger partial charge in [-0.25, -0.2) is 0 Å². The molecule has 2 aliphatic heterocycles. The number of carbonyl (C=O) groups is 1. The van der Waals surface area contributed by atoms with Gasteiger partial charge in [0.1, 0.15) is 5.54 Å². The van der Waals surface area contributed by atoms with E-state index in [0.29, 0.717) is 19.1 Å². The molecule has 2 bridgehead atoms. The topological polar surface area (TPSA) is 67.6 Å². The molecular formula is C11H21N3O2. The molecule has 2 rings (SSSR count). The molecule has 0 saturated carbocycles. The van der Waals surface area contributed by atoms with E-state index in [-0.39, 0.29) is 5.91 Å². The number of hydrogen-bond donors (Lipinski definition) is 2. The first-order valence-electron chi connectivity index (χ1n) is 5.95. The summed E-state index contributed by atoms with van der Waals surface area (Å²) in [5.41, 5.74) is 5.11. The van der Waals surface area contributed by atoms with Crippen LogP contribution in [0, 0.1) is 5.92 Å². The van der Waals surface area contributed by atoms with Crippen molar-refractivity contribution < 1.29 is 9.53 Å². The zero-order valence-electron chi connectivity index (χ0n) is 9.87. The smallest absolute Gasteiger partial charge is 0.238 e. The van der Waals surface area contributed by atoms with Gasteiger partial charge in [0.15, 0.2) is 0 Å². The highest BCUT2D eigenvalue weighted by molar-refractivity contribution is 5.85. The lowest BCUT2D eigenvalue weighted by Gasteiger charge is -2.41. The van der Waals surface area contributed by atoms with E-state index in [1.54, 1.807) is 7.11 Å². The fourth-order valence-corrected chi connectivity index (χ4v) is 3.00. The summed E-state index contributed by atoms with van der Waals surface area (Å²) in [5.74, 6) is 0.172. The summed E-state index contributed by atoms with van der Waals surface area (Å²) in [7, 11) is 1.66. The Labute approximate surface area is 96.3 Å². The number of amides is 1. The number of ether oxygens (including phenoxy) is 1. The normalized spacial score (nSPS) is 37.6. The van der Waals surface area contributed by atoms with Crippen molar-refractivity contribution in [3.05, 3.63) is 0 Å². The van der Waals surface area contributed by atoms with E-state index >= 15 is 0 Å². The van der Waals surface area contributed by atoms with Gasteiger partial charge in [-0.15, -0.1) is 0 Å². The van der Waals surface area contributed by atoms with Crippen molar-refractivity contribution in [1.82, 2.24) is 10.2 Å². The third-order valence-electron chi connectivity index (χ3n) is 3.98. The Morgan fingerprint density at radius 2 is 2.44 bits per heavy atom. The van der Waals surface area contributed by atoms with Crippen LogP contribution in [0.3, 0.4) is 0 Å². The number of hydrogen-bond acceptors (Lipinski definition) is 4. The van der Waals surface area contributed by atoms with Crippen molar-refractivity contribution in [1.29, 1.82) is 0 Å². The highest BCUT2D eigenvalue weighted by Crippen LogP contribution is 2.35. The van der Waals surface area contributed by atoms with Crippen LogP contribution in [0.15, 0.2) is 0 Å². The molecule has 92 valence electrons. The maximum atomic E-state index is 11.8. The maximum absolute atomic E-state index is 11.8. The summed E-state index contributed by atoms with van der Waals surface area (Å²) in [5, 5.41) is 3.34. The second kappa shape index (κ2) is 4.69. The van der Waals surface area contributed by atoms with Gasteiger partial charge in [-0.05, 0) is 19.4 Å². The van der Waals surface area contributed by atoms with Crippen LogP contribution >= 0.6 is 0 Å². The zero-order chi connectivity index (χ0) is 11.6. The van der Waals surface area contributed by atoms with Gasteiger partial charge in [0.05, 0.1) is 6.61 Å². The first-order chi connectivity index (χ1) is 7.69. The van der Waals surface area contributed by atoms with E-state index in [4.69, 9.17) is 10.5 Å². The number of rotatable bonds is 5. The van der Waals surface area contributed by atoms with Gasteiger partial charge >= 0.3 is 0 Å². The molecule has 0 aromatic heterocycles. The summed E-state index contributed by atoms with van der Waals surface area (Å²) in [6.45, 7) is 4.38. The molecule has 0 spiro atoms. The van der Waals surface area contributed by atoms with Crippen molar-refractivity contribution in [3.63, 3.8) is 0 Å². The van der Waals surface area contributed by atoms with Crippen LogP contribution < -0.4 is 11.1 Å². The van der Waals surface area contributed by atoms with Gasteiger partial charge in [0.2, 0.25) is 5.91 Å². The van der Waals surface area contributed by atoms with Gasteiger partial charge < -0.3 is 20.7 Å². The van der Waals surface area contributed by atoms with E-state index in [9.17, 15) is 4.79 Å². The summed E-state index contributed by atoms with van der Waals surface area (Å²) in [6.07, 6.45) is 1.90. The van der Waals surface area contributed by atoms with E-state index < -0.39 is 5.54 Å². The Bertz CT molecular complexity index is 272. The fraction of sp³-hybridized carbons (Fsp3) is 0.909. The van der Waals surface area contributed by atoms with Crippen molar-refractivity contribution in [2.75, 3.05) is 39.9 Å². The predicted molar refractivity (Wildman–Crippen MR) is 61.0 cm³/mol. The number of nitrogens with two attached hydrogens (primary N) is 1. The first-order valence-corrected chi connectivity index (χ1v) is 5.95. The second-order valence-corrected chi connectivity index (χ2v) is 4.79. The lowest BCUT2D eigenvalue weighted by molar-refractivity contribution is -0.128. The molecule has 16 heavy (non-hydrogen) atoms. The maximum Gasteiger partial charge on any atom is 0.238 e. The molecule has 0 aromatic carbocycles. The van der Waals surface area contributed by atoms with Crippen LogP contribution in [-0.2, 0) is 9.53 Å². The molecule has 5 heteroatoms. The largest absolute Gasteiger partial charge is 0.383 e. The number of carbonyl (C=O) groups excluding carboxylic acids is 1. The third-order valence-corrected chi connectivity index (χ3v) is 3.98. The van der Waals surface area contributed by atoms with Gasteiger partial charge in [0.25, 0.3) is 0 Å². The Balaban J connectivity index is 2.05. The van der Waals surface area contributed by atoms with Crippen LogP contribution in [0.5, 0.6) is 0 Å². The fourth-order valence-electron chi connectivity index (χ4n) is 3.00. The van der Waals surface area contributed by atoms with Gasteiger partial charge in [-0.1, -0.05) is 0 Å². The molecule has 2 heterocycles. The van der Waals surface area contributed by atoms with Crippen LogP contribution in [0.4, 0.5) is 0 Å². The van der Waals surface area contributed by atoms with E-state index in [1.807, 2.05) is 0 Å². The molecule has 2 saturated heterocycles. The van der Waals surface area contributed by atoms with Gasteiger partial charge in [-0.3, -0.25) is 4.79 Å². The summed E-state index contributed by atoms with van der Waals surface area (Å²) in [4.78, 5) is 14.2. The lowest BCUT2D eigenvalue weighted by Crippen LogP contribution is -2.64. The molecule has 0 aliphatic carbocycles. The average molecular weight is 227 g/mol. The Morgan fingerprint density at radius 3 is 3.12 bits per heavy atom. The SMILES string of the molecule is COCCNC1(C(N)=O)CCN2CCC1C2. The van der Waals surface area contributed by atoms with Crippen LogP contribution in [-0.4, -0.2) is 56.2 Å². The summed E-state index contributed by atoms with van der Waals surface area (Å²) >= 11 is 0. The summed E-state index contributed by atoms with van der Waals surface area (Å²) in [6, 6.07) is 0. The molecule has 2 aliphatic rings. The molecule has 2 fully saturated rings. The highest BCUT2D eigenvalue weighted by atomic mass is 16.5. The molecule has 3 unspecified atom stereocenters. The summed E-state index contributed by atoms with van der Waals surface area (Å²) < 4.78 is 5.01. The molecule has 0 aromatic rings. The van der Waals surface area contributed by atoms with E-state index in [2.05, 4.69) is 10.2 Å². The monoisotopic (exact) mass is 227 g/mol. The number of piperidine rings is 1. The minimum absolute atomic E-state index is 0.199. The minimum atomic E-state index is -0.495. The standard InChI is InChI=1S/C11H21N3O2/c1-16-7-4-13-11(10(12)15)3-6-14-5-2-9(11)8-14/h9,13H,2-8H2,1H3,(H2,12,15). The average Bonchev–Trinajstić information content (AvgIpc) is 2.66. The number of primary amides is 1. The number of methoxy groups -OCH3 is 1. The van der Waals surface area contributed by atoms with Crippen molar-refractivity contribution >= 4 is 5.91 Å². The number of nitrogens with zero attached hydrogens (tertiary/aromatic N) is 1. The lowest BCUT2D eigenvalue weighted by atomic mass is 9.78. The number of nitrogens with one attached hydrogen (secondary N) is 1. The zero-order valence-corrected chi connectivity index (χ0v) is 9.87. The molecule has 3 atom stereocenters. The van der Waals surface area contributed by atoms with Crippen molar-refractivity contribution in [3.8, 4) is 0 Å². The Kier molecular flexibility index (Phi) is 3.47. The predicted octanol–water partition coefficient (Wildman–Crippen LogP) is -0.828. The van der Waals surface area contributed by atoms with Crippen molar-refractivity contribution in [2.24, 2.45) is 11.7 Å².